The van der Waals surface area contributed by atoms with Gasteiger partial charge in [0.15, 0.2) is 5.79 Å². The van der Waals surface area contributed by atoms with E-state index in [0.717, 1.165) is 11.1 Å². The molecule has 148 valence electrons. The molecule has 0 bridgehead atoms. The normalized spacial score (nSPS) is 18.7. The Morgan fingerprint density at radius 2 is 1.81 bits per heavy atom. The number of halogens is 1. The van der Waals surface area contributed by atoms with E-state index < -0.39 is 5.79 Å². The van der Waals surface area contributed by atoms with Crippen LogP contribution in [0.25, 0.3) is 0 Å². The number of piperidine rings is 1. The number of aryl methyl sites for hydroxylation is 2. The van der Waals surface area contributed by atoms with E-state index in [1.54, 1.807) is 4.90 Å². The number of carbonyl (C=O) groups excluding carboxylic acids is 2. The molecule has 0 N–H and O–H groups in total. The number of likely N-dealkylation sites (tertiary alicyclic amines) is 1. The number of hydrogen-bond acceptors (Lipinski definition) is 4. The minimum absolute atomic E-state index is 0.0370. The largest absolute Gasteiger partial charge is 0.347 e. The van der Waals surface area contributed by atoms with E-state index in [0.29, 0.717) is 56.4 Å². The van der Waals surface area contributed by atoms with Gasteiger partial charge in [0, 0.05) is 45.8 Å². The summed E-state index contributed by atoms with van der Waals surface area (Å²) in [4.78, 5) is 28.3. The van der Waals surface area contributed by atoms with E-state index >= 15 is 0 Å². The molecule has 0 atom stereocenters. The molecular formula is C20H27ClN2O4. The summed E-state index contributed by atoms with van der Waals surface area (Å²) in [6.45, 7) is 8.18. The molecule has 2 amide bonds. The number of amides is 2. The maximum absolute atomic E-state index is 12.7. The highest BCUT2D eigenvalue weighted by molar-refractivity contribution is 6.34. The maximum atomic E-state index is 12.7. The quantitative estimate of drug-likeness (QED) is 0.787. The first kappa shape index (κ1) is 20.1. The number of hydrogen-bond donors (Lipinski definition) is 0. The number of anilines is 1. The maximum Gasteiger partial charge on any atom is 0.224 e. The van der Waals surface area contributed by atoms with Crippen molar-refractivity contribution in [1.29, 1.82) is 0 Å². The Kier molecular flexibility index (Phi) is 6.08. The van der Waals surface area contributed by atoms with Crippen molar-refractivity contribution < 1.29 is 19.1 Å². The number of ether oxygens (including phenoxy) is 2. The third-order valence-electron chi connectivity index (χ3n) is 5.29. The van der Waals surface area contributed by atoms with E-state index in [1.165, 1.54) is 6.92 Å². The molecule has 0 aromatic heterocycles. The Bertz CT molecular complexity index is 698. The molecule has 2 heterocycles. The van der Waals surface area contributed by atoms with E-state index in [1.807, 2.05) is 30.9 Å². The fourth-order valence-corrected chi connectivity index (χ4v) is 4.35. The third kappa shape index (κ3) is 4.45. The van der Waals surface area contributed by atoms with Gasteiger partial charge in [0.25, 0.3) is 0 Å². The van der Waals surface area contributed by atoms with E-state index in [9.17, 15) is 9.59 Å². The summed E-state index contributed by atoms with van der Waals surface area (Å²) in [5.74, 6) is -0.577. The molecule has 1 aromatic carbocycles. The molecular weight excluding hydrogens is 368 g/mol. The summed E-state index contributed by atoms with van der Waals surface area (Å²) < 4.78 is 11.4. The first-order valence-corrected chi connectivity index (χ1v) is 9.80. The summed E-state index contributed by atoms with van der Waals surface area (Å²) in [5, 5.41) is 0.533. The predicted molar refractivity (Wildman–Crippen MR) is 104 cm³/mol. The molecule has 2 aliphatic heterocycles. The van der Waals surface area contributed by atoms with Gasteiger partial charge in [-0.05, 0) is 31.0 Å². The molecule has 2 aliphatic rings. The van der Waals surface area contributed by atoms with Crippen LogP contribution in [-0.4, -0.2) is 55.3 Å². The smallest absolute Gasteiger partial charge is 0.224 e. The van der Waals surface area contributed by atoms with E-state index in [2.05, 4.69) is 0 Å². The summed E-state index contributed by atoms with van der Waals surface area (Å²) in [6.07, 6.45) is 1.65. The van der Waals surface area contributed by atoms with Crippen LogP contribution in [0.15, 0.2) is 12.1 Å². The number of carbonyl (C=O) groups is 2. The zero-order valence-corrected chi connectivity index (χ0v) is 17.0. The molecule has 0 saturated carbocycles. The van der Waals surface area contributed by atoms with Crippen molar-refractivity contribution in [2.24, 2.45) is 0 Å². The van der Waals surface area contributed by atoms with Crippen LogP contribution in [0.5, 0.6) is 0 Å². The van der Waals surface area contributed by atoms with Crippen LogP contribution in [0.4, 0.5) is 5.69 Å². The van der Waals surface area contributed by atoms with Crippen LogP contribution < -0.4 is 4.90 Å². The molecule has 7 heteroatoms. The van der Waals surface area contributed by atoms with Crippen LogP contribution >= 0.6 is 11.6 Å². The van der Waals surface area contributed by atoms with Gasteiger partial charge in [-0.1, -0.05) is 17.7 Å². The van der Waals surface area contributed by atoms with Gasteiger partial charge < -0.3 is 19.3 Å². The second-order valence-electron chi connectivity index (χ2n) is 7.32. The first-order valence-electron chi connectivity index (χ1n) is 9.42. The van der Waals surface area contributed by atoms with Crippen molar-refractivity contribution in [2.75, 3.05) is 37.7 Å². The molecule has 3 rings (SSSR count). The zero-order valence-electron chi connectivity index (χ0n) is 16.2. The van der Waals surface area contributed by atoms with Crippen molar-refractivity contribution in [2.45, 2.75) is 45.8 Å². The van der Waals surface area contributed by atoms with E-state index in [-0.39, 0.29) is 18.2 Å². The fourth-order valence-electron chi connectivity index (χ4n) is 3.92. The first-order chi connectivity index (χ1) is 12.8. The van der Waals surface area contributed by atoms with Crippen molar-refractivity contribution in [1.82, 2.24) is 4.90 Å². The van der Waals surface area contributed by atoms with Crippen LogP contribution in [0.1, 0.15) is 37.3 Å². The van der Waals surface area contributed by atoms with Gasteiger partial charge in [-0.2, -0.15) is 0 Å². The fraction of sp³-hybridized carbons (Fsp3) is 0.600. The monoisotopic (exact) mass is 394 g/mol. The van der Waals surface area contributed by atoms with Gasteiger partial charge in [0.05, 0.1) is 23.9 Å². The van der Waals surface area contributed by atoms with Crippen LogP contribution in [-0.2, 0) is 19.1 Å². The van der Waals surface area contributed by atoms with E-state index in [4.69, 9.17) is 21.1 Å². The molecule has 2 fully saturated rings. The zero-order chi connectivity index (χ0) is 19.6. The summed E-state index contributed by atoms with van der Waals surface area (Å²) >= 11 is 6.39. The van der Waals surface area contributed by atoms with Gasteiger partial charge in [0.1, 0.15) is 0 Å². The number of rotatable bonds is 4. The Morgan fingerprint density at radius 3 is 2.37 bits per heavy atom. The summed E-state index contributed by atoms with van der Waals surface area (Å²) in [6, 6.07) is 3.83. The topological polar surface area (TPSA) is 59.1 Å². The van der Waals surface area contributed by atoms with Crippen molar-refractivity contribution in [3.8, 4) is 0 Å². The highest BCUT2D eigenvalue weighted by Gasteiger charge is 2.40. The lowest BCUT2D eigenvalue weighted by Gasteiger charge is -2.37. The standard InChI is InChI=1S/C20H27ClN2O4/c1-14-12-15(2)19(17(21)13-14)23(16(3)24)7-4-18(25)22-8-5-20(6-9-22)26-10-11-27-20/h12-13H,4-11H2,1-3H3. The molecule has 27 heavy (non-hydrogen) atoms. The van der Waals surface area contributed by atoms with Crippen molar-refractivity contribution >= 4 is 29.1 Å². The molecule has 1 aromatic rings. The minimum Gasteiger partial charge on any atom is -0.347 e. The molecule has 0 radical (unpaired) electrons. The lowest BCUT2D eigenvalue weighted by molar-refractivity contribution is -0.187. The minimum atomic E-state index is -0.491. The molecule has 0 unspecified atom stereocenters. The SMILES string of the molecule is CC(=O)N(CCC(=O)N1CCC2(CC1)OCCO2)c1c(C)cc(C)cc1Cl. The molecule has 2 saturated heterocycles. The average molecular weight is 395 g/mol. The lowest BCUT2D eigenvalue weighted by Crippen LogP contribution is -2.48. The Hall–Kier alpha value is -1.63. The third-order valence-corrected chi connectivity index (χ3v) is 5.58. The Labute approximate surface area is 165 Å². The van der Waals surface area contributed by atoms with Gasteiger partial charge in [-0.15, -0.1) is 0 Å². The number of nitrogens with zero attached hydrogens (tertiary/aromatic N) is 2. The van der Waals surface area contributed by atoms with Gasteiger partial charge in [0.2, 0.25) is 11.8 Å². The van der Waals surface area contributed by atoms with Crippen LogP contribution in [0.3, 0.4) is 0 Å². The highest BCUT2D eigenvalue weighted by Crippen LogP contribution is 2.33. The van der Waals surface area contributed by atoms with Gasteiger partial charge in [-0.3, -0.25) is 9.59 Å². The van der Waals surface area contributed by atoms with Crippen LogP contribution in [0, 0.1) is 13.8 Å². The molecule has 1 spiro atoms. The molecule has 6 nitrogen and oxygen atoms in total. The Morgan fingerprint density at radius 1 is 1.19 bits per heavy atom. The number of benzene rings is 1. The lowest BCUT2D eigenvalue weighted by atomic mass is 10.0. The molecule has 0 aliphatic carbocycles. The van der Waals surface area contributed by atoms with Crippen molar-refractivity contribution in [3.05, 3.63) is 28.3 Å². The van der Waals surface area contributed by atoms with Gasteiger partial charge >= 0.3 is 0 Å². The summed E-state index contributed by atoms with van der Waals surface area (Å²) in [7, 11) is 0. The Balaban J connectivity index is 1.62. The second kappa shape index (κ2) is 8.17. The van der Waals surface area contributed by atoms with Gasteiger partial charge in [-0.25, -0.2) is 0 Å². The van der Waals surface area contributed by atoms with Crippen molar-refractivity contribution in [3.63, 3.8) is 0 Å². The second-order valence-corrected chi connectivity index (χ2v) is 7.73. The van der Waals surface area contributed by atoms with Crippen LogP contribution in [0.2, 0.25) is 5.02 Å². The average Bonchev–Trinajstić information content (AvgIpc) is 3.05. The predicted octanol–water partition coefficient (Wildman–Crippen LogP) is 3.07. The highest BCUT2D eigenvalue weighted by atomic mass is 35.5. The summed E-state index contributed by atoms with van der Waals surface area (Å²) in [5.41, 5.74) is 2.66.